The summed E-state index contributed by atoms with van der Waals surface area (Å²) in [5.74, 6) is 0.896. The zero-order chi connectivity index (χ0) is 13.4. The van der Waals surface area contributed by atoms with E-state index < -0.39 is 0 Å². The molecular weight excluding hydrogens is 268 g/mol. The molecule has 4 rings (SSSR count). The number of anilines is 1. The smallest absolute Gasteiger partial charge is 0.158 e. The maximum absolute atomic E-state index is 4.59. The Labute approximate surface area is 122 Å². The van der Waals surface area contributed by atoms with E-state index in [-0.39, 0.29) is 0 Å². The standard InChI is InChI=1S/C15H18N4S/c1-2-5-10(6-3-1)18-19-14-13-11-7-4-8-12(11)20-15(13)17-9-16-14/h9H,1-8H2,(H,16,17,19). The fourth-order valence-corrected chi connectivity index (χ4v) is 4.45. The maximum Gasteiger partial charge on any atom is 0.158 e. The highest BCUT2D eigenvalue weighted by Gasteiger charge is 2.21. The molecule has 0 spiro atoms. The van der Waals surface area contributed by atoms with Gasteiger partial charge in [0.1, 0.15) is 11.2 Å². The molecule has 2 aliphatic carbocycles. The van der Waals surface area contributed by atoms with Crippen molar-refractivity contribution in [1.29, 1.82) is 0 Å². The van der Waals surface area contributed by atoms with Crippen molar-refractivity contribution in [3.8, 4) is 0 Å². The molecule has 1 saturated carbocycles. The lowest BCUT2D eigenvalue weighted by Gasteiger charge is -2.12. The van der Waals surface area contributed by atoms with Crippen LogP contribution in [0.15, 0.2) is 11.4 Å². The molecule has 0 aliphatic heterocycles. The summed E-state index contributed by atoms with van der Waals surface area (Å²) in [7, 11) is 0. The minimum absolute atomic E-state index is 0.896. The normalized spacial score (nSPS) is 18.3. The summed E-state index contributed by atoms with van der Waals surface area (Å²) in [6.45, 7) is 0. The number of rotatable bonds is 2. The van der Waals surface area contributed by atoms with Crippen LogP contribution < -0.4 is 5.43 Å². The molecule has 0 atom stereocenters. The summed E-state index contributed by atoms with van der Waals surface area (Å²) in [4.78, 5) is 11.4. The van der Waals surface area contributed by atoms with Gasteiger partial charge in [-0.05, 0) is 50.5 Å². The summed E-state index contributed by atoms with van der Waals surface area (Å²) < 4.78 is 0. The Balaban J connectivity index is 1.69. The van der Waals surface area contributed by atoms with Crippen molar-refractivity contribution >= 4 is 33.1 Å². The first-order valence-corrected chi connectivity index (χ1v) is 8.30. The van der Waals surface area contributed by atoms with Crippen molar-refractivity contribution in [2.75, 3.05) is 5.43 Å². The van der Waals surface area contributed by atoms with E-state index in [4.69, 9.17) is 0 Å². The minimum Gasteiger partial charge on any atom is -0.261 e. The molecule has 1 fully saturated rings. The van der Waals surface area contributed by atoms with Crippen molar-refractivity contribution in [1.82, 2.24) is 9.97 Å². The Kier molecular flexibility index (Phi) is 3.14. The van der Waals surface area contributed by atoms with E-state index in [1.54, 1.807) is 6.33 Å². The summed E-state index contributed by atoms with van der Waals surface area (Å²) in [5.41, 5.74) is 5.96. The number of hydrogen-bond donors (Lipinski definition) is 1. The third-order valence-corrected chi connectivity index (χ3v) is 5.45. The van der Waals surface area contributed by atoms with E-state index in [0.29, 0.717) is 0 Å². The molecule has 5 heteroatoms. The zero-order valence-electron chi connectivity index (χ0n) is 11.5. The van der Waals surface area contributed by atoms with Crippen LogP contribution in [-0.2, 0) is 12.8 Å². The summed E-state index contributed by atoms with van der Waals surface area (Å²) in [5, 5.41) is 5.80. The van der Waals surface area contributed by atoms with E-state index in [1.807, 2.05) is 11.3 Å². The third kappa shape index (κ3) is 2.10. The molecule has 2 aromatic heterocycles. The fourth-order valence-electron chi connectivity index (χ4n) is 3.22. The summed E-state index contributed by atoms with van der Waals surface area (Å²) in [6.07, 6.45) is 11.4. The third-order valence-electron chi connectivity index (χ3n) is 4.25. The number of hydrogen-bond acceptors (Lipinski definition) is 5. The lowest BCUT2D eigenvalue weighted by molar-refractivity contribution is 0.665. The van der Waals surface area contributed by atoms with Gasteiger partial charge in [0, 0.05) is 10.6 Å². The molecule has 0 radical (unpaired) electrons. The molecule has 104 valence electrons. The van der Waals surface area contributed by atoms with Gasteiger partial charge in [-0.3, -0.25) is 5.43 Å². The van der Waals surface area contributed by atoms with E-state index in [2.05, 4.69) is 20.5 Å². The van der Waals surface area contributed by atoms with Crippen LogP contribution in [0, 0.1) is 0 Å². The van der Waals surface area contributed by atoms with Crippen LogP contribution in [0.2, 0.25) is 0 Å². The van der Waals surface area contributed by atoms with E-state index in [0.717, 1.165) is 29.9 Å². The Morgan fingerprint density at radius 3 is 2.80 bits per heavy atom. The molecule has 0 saturated heterocycles. The monoisotopic (exact) mass is 286 g/mol. The van der Waals surface area contributed by atoms with Gasteiger partial charge in [0.05, 0.1) is 5.39 Å². The Hall–Kier alpha value is -1.49. The highest BCUT2D eigenvalue weighted by molar-refractivity contribution is 7.19. The van der Waals surface area contributed by atoms with Crippen LogP contribution >= 0.6 is 11.3 Å². The van der Waals surface area contributed by atoms with E-state index in [9.17, 15) is 0 Å². The number of fused-ring (bicyclic) bond motifs is 3. The predicted octanol–water partition coefficient (Wildman–Crippen LogP) is 3.91. The Bertz CT molecular complexity index is 666. The molecule has 0 aromatic carbocycles. The van der Waals surface area contributed by atoms with Gasteiger partial charge in [0.15, 0.2) is 5.82 Å². The number of nitrogens with zero attached hydrogens (tertiary/aromatic N) is 3. The van der Waals surface area contributed by atoms with Crippen molar-refractivity contribution in [2.24, 2.45) is 5.10 Å². The van der Waals surface area contributed by atoms with Crippen LogP contribution in [0.25, 0.3) is 10.2 Å². The molecule has 2 aliphatic rings. The molecule has 4 nitrogen and oxygen atoms in total. The van der Waals surface area contributed by atoms with Gasteiger partial charge in [0.2, 0.25) is 0 Å². The summed E-state index contributed by atoms with van der Waals surface area (Å²) in [6, 6.07) is 0. The first-order chi connectivity index (χ1) is 9.92. The van der Waals surface area contributed by atoms with Gasteiger partial charge in [-0.2, -0.15) is 5.10 Å². The van der Waals surface area contributed by atoms with Gasteiger partial charge in [-0.15, -0.1) is 11.3 Å². The second-order valence-corrected chi connectivity index (χ2v) is 6.69. The number of aryl methyl sites for hydroxylation is 2. The number of thiophene rings is 1. The van der Waals surface area contributed by atoms with E-state index >= 15 is 0 Å². The molecule has 20 heavy (non-hydrogen) atoms. The molecule has 0 amide bonds. The van der Waals surface area contributed by atoms with Crippen LogP contribution in [-0.4, -0.2) is 15.7 Å². The Morgan fingerprint density at radius 1 is 1.00 bits per heavy atom. The van der Waals surface area contributed by atoms with Gasteiger partial charge in [-0.25, -0.2) is 9.97 Å². The molecule has 0 unspecified atom stereocenters. The number of aromatic nitrogens is 2. The molecular formula is C15H18N4S. The number of hydrazone groups is 1. The second kappa shape index (κ2) is 5.13. The second-order valence-electron chi connectivity index (χ2n) is 5.61. The fraction of sp³-hybridized carbons (Fsp3) is 0.533. The average molecular weight is 286 g/mol. The van der Waals surface area contributed by atoms with Crippen molar-refractivity contribution in [2.45, 2.75) is 51.4 Å². The lowest BCUT2D eigenvalue weighted by atomic mass is 9.99. The zero-order valence-corrected chi connectivity index (χ0v) is 12.3. The molecule has 1 N–H and O–H groups in total. The first kappa shape index (κ1) is 12.3. The van der Waals surface area contributed by atoms with Gasteiger partial charge in [-0.1, -0.05) is 6.42 Å². The van der Waals surface area contributed by atoms with E-state index in [1.165, 1.54) is 53.6 Å². The predicted molar refractivity (Wildman–Crippen MR) is 83.6 cm³/mol. The highest BCUT2D eigenvalue weighted by atomic mass is 32.1. The van der Waals surface area contributed by atoms with Crippen LogP contribution in [0.3, 0.4) is 0 Å². The van der Waals surface area contributed by atoms with Crippen LogP contribution in [0.5, 0.6) is 0 Å². The quantitative estimate of drug-likeness (QED) is 0.851. The molecule has 2 heterocycles. The summed E-state index contributed by atoms with van der Waals surface area (Å²) >= 11 is 1.82. The van der Waals surface area contributed by atoms with Crippen LogP contribution in [0.4, 0.5) is 5.82 Å². The average Bonchev–Trinajstić information content (AvgIpc) is 3.06. The lowest BCUT2D eigenvalue weighted by Crippen LogP contribution is -2.07. The number of nitrogens with one attached hydrogen (secondary N) is 1. The topological polar surface area (TPSA) is 50.2 Å². The largest absolute Gasteiger partial charge is 0.261 e. The van der Waals surface area contributed by atoms with Crippen molar-refractivity contribution in [3.63, 3.8) is 0 Å². The first-order valence-electron chi connectivity index (χ1n) is 7.48. The van der Waals surface area contributed by atoms with Gasteiger partial charge >= 0.3 is 0 Å². The van der Waals surface area contributed by atoms with Crippen LogP contribution in [0.1, 0.15) is 49.0 Å². The van der Waals surface area contributed by atoms with Gasteiger partial charge in [0.25, 0.3) is 0 Å². The SMILES string of the molecule is c1nc(NN=C2CCCCC2)c2c3c(sc2n1)CCC3. The minimum atomic E-state index is 0.896. The van der Waals surface area contributed by atoms with Gasteiger partial charge < -0.3 is 0 Å². The maximum atomic E-state index is 4.59. The van der Waals surface area contributed by atoms with Crippen molar-refractivity contribution < 1.29 is 0 Å². The molecule has 0 bridgehead atoms. The highest BCUT2D eigenvalue weighted by Crippen LogP contribution is 2.39. The van der Waals surface area contributed by atoms with Crippen molar-refractivity contribution in [3.05, 3.63) is 16.8 Å². The Morgan fingerprint density at radius 2 is 1.90 bits per heavy atom. The molecule has 2 aromatic rings.